The topological polar surface area (TPSA) is 53.9 Å². The lowest BCUT2D eigenvalue weighted by atomic mass is 10.2. The first-order chi connectivity index (χ1) is 12.9. The first kappa shape index (κ1) is 19.7. The van der Waals surface area contributed by atoms with Crippen LogP contribution in [-0.4, -0.2) is 38.0 Å². The number of hydrogen-bond donors (Lipinski definition) is 2. The number of benzene rings is 2. The van der Waals surface area contributed by atoms with E-state index in [1.165, 1.54) is 5.56 Å². The van der Waals surface area contributed by atoms with E-state index in [-0.39, 0.29) is 24.4 Å². The van der Waals surface area contributed by atoms with E-state index in [1.807, 2.05) is 37.1 Å². The highest BCUT2D eigenvalue weighted by atomic mass is 35.5. The molecule has 0 bridgehead atoms. The number of nitrogens with one attached hydrogen (secondary N) is 2. The van der Waals surface area contributed by atoms with Gasteiger partial charge in [0.25, 0.3) is 11.8 Å². The van der Waals surface area contributed by atoms with Gasteiger partial charge in [-0.15, -0.1) is 0 Å². The molecule has 0 aliphatic carbocycles. The molecule has 0 radical (unpaired) electrons. The van der Waals surface area contributed by atoms with Crippen LogP contribution < -0.4 is 15.1 Å². The molecule has 0 saturated carbocycles. The molecule has 2 amide bonds. The summed E-state index contributed by atoms with van der Waals surface area (Å²) >= 11 is 11.9. The molecule has 2 aromatic rings. The van der Waals surface area contributed by atoms with Crippen LogP contribution in [0.3, 0.4) is 0 Å². The number of nitrogens with zero attached hydrogens (tertiary/aromatic N) is 1. The van der Waals surface area contributed by atoms with Crippen molar-refractivity contribution in [2.24, 2.45) is 0 Å². The van der Waals surface area contributed by atoms with Crippen LogP contribution in [0, 0.1) is 0 Å². The lowest BCUT2D eigenvalue weighted by Gasteiger charge is -2.25. The third-order valence-electron chi connectivity index (χ3n) is 4.91. The van der Waals surface area contributed by atoms with Crippen LogP contribution in [0.5, 0.6) is 0 Å². The molecule has 3 rings (SSSR count). The number of hydrogen-bond acceptors (Lipinski definition) is 2. The minimum Gasteiger partial charge on any atom is -0.321 e. The molecule has 1 heterocycles. The summed E-state index contributed by atoms with van der Waals surface area (Å²) in [5.41, 5.74) is 2.74. The van der Waals surface area contributed by atoms with Gasteiger partial charge in [-0.2, -0.15) is 0 Å². The fourth-order valence-electron chi connectivity index (χ4n) is 3.20. The van der Waals surface area contributed by atoms with E-state index in [0.29, 0.717) is 22.3 Å². The highest BCUT2D eigenvalue weighted by molar-refractivity contribution is 6.42. The van der Waals surface area contributed by atoms with E-state index in [0.717, 1.165) is 17.0 Å². The Kier molecular flexibility index (Phi) is 6.05. The predicted molar refractivity (Wildman–Crippen MR) is 109 cm³/mol. The van der Waals surface area contributed by atoms with Gasteiger partial charge in [-0.25, -0.2) is 0 Å². The van der Waals surface area contributed by atoms with Crippen molar-refractivity contribution in [1.82, 2.24) is 0 Å². The monoisotopic (exact) mass is 406 g/mol. The largest absolute Gasteiger partial charge is 0.321 e. The number of rotatable bonds is 5. The van der Waals surface area contributed by atoms with Crippen molar-refractivity contribution in [3.8, 4) is 0 Å². The Labute approximate surface area is 168 Å². The number of anilines is 2. The van der Waals surface area contributed by atoms with Crippen molar-refractivity contribution < 1.29 is 14.5 Å². The standard InChI is InChI=1S/C20H21Cl2N3O2/c1-13(20(27)25-10-9-14-5-3-4-6-18(14)25)24(2)12-19(26)23-15-7-8-16(21)17(22)11-15/h3-8,11,13H,9-10,12H2,1-2H3,(H,23,26)/p+1/t13-/m1/s1. The third kappa shape index (κ3) is 4.43. The molecule has 0 aromatic heterocycles. The summed E-state index contributed by atoms with van der Waals surface area (Å²) in [6, 6.07) is 12.5. The molecular formula is C20H22Cl2N3O2+. The van der Waals surface area contributed by atoms with Gasteiger partial charge < -0.3 is 15.1 Å². The number of halogens is 2. The van der Waals surface area contributed by atoms with Gasteiger partial charge in [0.15, 0.2) is 12.6 Å². The highest BCUT2D eigenvalue weighted by Crippen LogP contribution is 2.27. The summed E-state index contributed by atoms with van der Waals surface area (Å²) < 4.78 is 0. The SMILES string of the molecule is C[C@H](C(=O)N1CCc2ccccc21)[NH+](C)CC(=O)Nc1ccc(Cl)c(Cl)c1. The zero-order chi connectivity index (χ0) is 19.6. The van der Waals surface area contributed by atoms with Gasteiger partial charge in [0.1, 0.15) is 0 Å². The number of quaternary nitrogens is 1. The molecule has 27 heavy (non-hydrogen) atoms. The van der Waals surface area contributed by atoms with Crippen molar-refractivity contribution >= 4 is 46.4 Å². The third-order valence-corrected chi connectivity index (χ3v) is 5.64. The summed E-state index contributed by atoms with van der Waals surface area (Å²) in [7, 11) is 1.85. The molecule has 142 valence electrons. The number of para-hydroxylation sites is 1. The van der Waals surface area contributed by atoms with Crippen molar-refractivity contribution in [3.05, 3.63) is 58.1 Å². The Morgan fingerprint density at radius 2 is 1.93 bits per heavy atom. The van der Waals surface area contributed by atoms with Crippen molar-refractivity contribution in [1.29, 1.82) is 0 Å². The Morgan fingerprint density at radius 3 is 2.67 bits per heavy atom. The molecule has 7 heteroatoms. The van der Waals surface area contributed by atoms with E-state index in [9.17, 15) is 9.59 Å². The number of carbonyl (C=O) groups is 2. The molecular weight excluding hydrogens is 385 g/mol. The summed E-state index contributed by atoms with van der Waals surface area (Å²) in [5, 5.41) is 3.61. The van der Waals surface area contributed by atoms with Gasteiger partial charge in [0.05, 0.1) is 17.1 Å². The Hall–Kier alpha value is -2.08. The van der Waals surface area contributed by atoms with Crippen LogP contribution >= 0.6 is 23.2 Å². The molecule has 5 nitrogen and oxygen atoms in total. The molecule has 0 fully saturated rings. The van der Waals surface area contributed by atoms with Crippen LogP contribution in [0.15, 0.2) is 42.5 Å². The Bertz CT molecular complexity index is 872. The van der Waals surface area contributed by atoms with E-state index in [2.05, 4.69) is 11.4 Å². The van der Waals surface area contributed by atoms with Crippen LogP contribution in [0.2, 0.25) is 10.0 Å². The smallest absolute Gasteiger partial charge is 0.284 e. The lowest BCUT2D eigenvalue weighted by molar-refractivity contribution is -0.885. The lowest BCUT2D eigenvalue weighted by Crippen LogP contribution is -3.15. The average molecular weight is 407 g/mol. The van der Waals surface area contributed by atoms with Gasteiger partial charge in [0.2, 0.25) is 0 Å². The number of fused-ring (bicyclic) bond motifs is 1. The van der Waals surface area contributed by atoms with Gasteiger partial charge in [-0.3, -0.25) is 9.59 Å². The first-order valence-corrected chi connectivity index (χ1v) is 9.59. The summed E-state index contributed by atoms with van der Waals surface area (Å²) in [6.07, 6.45) is 0.867. The van der Waals surface area contributed by atoms with Gasteiger partial charge >= 0.3 is 0 Å². The number of carbonyl (C=O) groups excluding carboxylic acids is 2. The average Bonchev–Trinajstić information content (AvgIpc) is 3.07. The maximum Gasteiger partial charge on any atom is 0.284 e. The summed E-state index contributed by atoms with van der Waals surface area (Å²) in [4.78, 5) is 27.9. The quantitative estimate of drug-likeness (QED) is 0.800. The van der Waals surface area contributed by atoms with Crippen LogP contribution in [0.4, 0.5) is 11.4 Å². The zero-order valence-electron chi connectivity index (χ0n) is 15.3. The van der Waals surface area contributed by atoms with E-state index in [4.69, 9.17) is 23.2 Å². The van der Waals surface area contributed by atoms with E-state index in [1.54, 1.807) is 18.2 Å². The maximum atomic E-state index is 12.9. The second kappa shape index (κ2) is 8.30. The molecule has 0 saturated heterocycles. The Morgan fingerprint density at radius 1 is 1.19 bits per heavy atom. The molecule has 0 spiro atoms. The van der Waals surface area contributed by atoms with Gasteiger partial charge in [0, 0.05) is 17.9 Å². The fourth-order valence-corrected chi connectivity index (χ4v) is 3.50. The summed E-state index contributed by atoms with van der Waals surface area (Å²) in [6.45, 7) is 2.71. The second-order valence-corrected chi connectivity index (χ2v) is 7.60. The summed E-state index contributed by atoms with van der Waals surface area (Å²) in [5.74, 6) is -0.160. The molecule has 2 aromatic carbocycles. The second-order valence-electron chi connectivity index (χ2n) is 6.79. The zero-order valence-corrected chi connectivity index (χ0v) is 16.8. The molecule has 1 unspecified atom stereocenters. The van der Waals surface area contributed by atoms with E-state index < -0.39 is 0 Å². The van der Waals surface area contributed by atoms with Crippen LogP contribution in [0.1, 0.15) is 12.5 Å². The molecule has 2 atom stereocenters. The number of likely N-dealkylation sites (N-methyl/N-ethyl adjacent to an activating group) is 1. The van der Waals surface area contributed by atoms with Crippen molar-refractivity contribution in [2.75, 3.05) is 30.4 Å². The first-order valence-electron chi connectivity index (χ1n) is 8.83. The van der Waals surface area contributed by atoms with Gasteiger partial charge in [-0.05, 0) is 43.2 Å². The minimum atomic E-state index is -0.337. The Balaban J connectivity index is 1.60. The minimum absolute atomic E-state index is 0.0276. The van der Waals surface area contributed by atoms with Crippen molar-refractivity contribution in [3.63, 3.8) is 0 Å². The molecule has 1 aliphatic rings. The van der Waals surface area contributed by atoms with E-state index >= 15 is 0 Å². The van der Waals surface area contributed by atoms with Crippen LogP contribution in [0.25, 0.3) is 0 Å². The van der Waals surface area contributed by atoms with Crippen molar-refractivity contribution in [2.45, 2.75) is 19.4 Å². The molecule has 1 aliphatic heterocycles. The predicted octanol–water partition coefficient (Wildman–Crippen LogP) is 2.42. The molecule has 2 N–H and O–H groups in total. The highest BCUT2D eigenvalue weighted by Gasteiger charge is 2.32. The van der Waals surface area contributed by atoms with Gasteiger partial charge in [-0.1, -0.05) is 41.4 Å². The maximum absolute atomic E-state index is 12.9. The van der Waals surface area contributed by atoms with Crippen LogP contribution in [-0.2, 0) is 16.0 Å². The fraction of sp³-hybridized carbons (Fsp3) is 0.300. The normalized spacial score (nSPS) is 15.2. The number of amides is 2.